The molecule has 44 heavy (non-hydrogen) atoms. The van der Waals surface area contributed by atoms with Crippen LogP contribution in [-0.2, 0) is 14.1 Å². The molecule has 6 rings (SSSR count). The molecular weight excluding hydrogens is 552 g/mol. The Morgan fingerprint density at radius 3 is 1.30 bits per heavy atom. The maximum atomic E-state index is 11.5. The van der Waals surface area contributed by atoms with Crippen LogP contribution in [-0.4, -0.2) is 46.0 Å². The fraction of sp³-hybridized carbons (Fsp3) is 0.167. The van der Waals surface area contributed by atoms with Gasteiger partial charge in [-0.25, -0.2) is 0 Å². The maximum absolute atomic E-state index is 11.5. The molecule has 8 heteroatoms. The van der Waals surface area contributed by atoms with Gasteiger partial charge in [-0.05, 0) is 47.5 Å². The number of hydrogen-bond donors (Lipinski definition) is 2. The molecule has 0 aliphatic heterocycles. The first-order valence-corrected chi connectivity index (χ1v) is 14.3. The summed E-state index contributed by atoms with van der Waals surface area (Å²) in [4.78, 5) is 0. The summed E-state index contributed by atoms with van der Waals surface area (Å²) >= 11 is 0. The van der Waals surface area contributed by atoms with E-state index in [1.807, 2.05) is 120 Å². The third-order valence-corrected chi connectivity index (χ3v) is 8.21. The van der Waals surface area contributed by atoms with Crippen molar-refractivity contribution >= 4 is 34.2 Å². The fourth-order valence-electron chi connectivity index (χ4n) is 5.89. The number of nitrogens with zero attached hydrogens (tertiary/aromatic N) is 4. The monoisotopic (exact) mass is 586 g/mol. The van der Waals surface area contributed by atoms with Gasteiger partial charge in [0.25, 0.3) is 0 Å². The molecule has 0 fully saturated rings. The number of aliphatic hydroxyl groups is 2. The van der Waals surface area contributed by atoms with Gasteiger partial charge in [0, 0.05) is 47.0 Å². The number of fused-ring (bicyclic) bond motifs is 2. The molecule has 6 aromatic rings. The largest absolute Gasteiger partial charge is 0.497 e. The first-order chi connectivity index (χ1) is 21.4. The minimum atomic E-state index is -0.895. The van der Waals surface area contributed by atoms with Crippen molar-refractivity contribution in [2.45, 2.75) is 12.2 Å². The van der Waals surface area contributed by atoms with Crippen molar-refractivity contribution in [2.24, 2.45) is 24.3 Å². The Balaban J connectivity index is 1.40. The van der Waals surface area contributed by atoms with E-state index in [9.17, 15) is 10.2 Å². The highest BCUT2D eigenvalue weighted by molar-refractivity contribution is 6.03. The molecule has 8 nitrogen and oxygen atoms in total. The maximum Gasteiger partial charge on any atom is 0.120 e. The van der Waals surface area contributed by atoms with E-state index in [4.69, 9.17) is 9.47 Å². The minimum absolute atomic E-state index is 0.705. The molecule has 0 saturated carbocycles. The summed E-state index contributed by atoms with van der Waals surface area (Å²) in [6.07, 6.45) is 1.58. The van der Waals surface area contributed by atoms with E-state index >= 15 is 0 Å². The van der Waals surface area contributed by atoms with Crippen LogP contribution in [0, 0.1) is 0 Å². The highest BCUT2D eigenvalue weighted by Gasteiger charge is 2.23. The topological polar surface area (TPSA) is 93.5 Å². The molecule has 222 valence electrons. The van der Waals surface area contributed by atoms with E-state index in [-0.39, 0.29) is 0 Å². The highest BCUT2D eigenvalue weighted by Crippen LogP contribution is 2.34. The second kappa shape index (κ2) is 12.2. The van der Waals surface area contributed by atoms with E-state index in [1.54, 1.807) is 26.6 Å². The van der Waals surface area contributed by atoms with Gasteiger partial charge in [-0.1, -0.05) is 60.7 Å². The van der Waals surface area contributed by atoms with Gasteiger partial charge in [0.2, 0.25) is 0 Å². The zero-order valence-electron chi connectivity index (χ0n) is 25.0. The van der Waals surface area contributed by atoms with Crippen molar-refractivity contribution in [1.29, 1.82) is 0 Å². The van der Waals surface area contributed by atoms with Gasteiger partial charge in [0.15, 0.2) is 0 Å². The molecule has 0 spiro atoms. The van der Waals surface area contributed by atoms with Crippen molar-refractivity contribution < 1.29 is 19.7 Å². The first-order valence-electron chi connectivity index (χ1n) is 14.3. The fourth-order valence-corrected chi connectivity index (χ4v) is 5.89. The Morgan fingerprint density at radius 1 is 0.568 bits per heavy atom. The van der Waals surface area contributed by atoms with Gasteiger partial charge in [-0.2, -0.15) is 10.2 Å². The summed E-state index contributed by atoms with van der Waals surface area (Å²) in [5.74, 6) is 1.44. The summed E-state index contributed by atoms with van der Waals surface area (Å²) < 4.78 is 14.6. The van der Waals surface area contributed by atoms with Crippen molar-refractivity contribution in [3.05, 3.63) is 131 Å². The predicted molar refractivity (Wildman–Crippen MR) is 175 cm³/mol. The summed E-state index contributed by atoms with van der Waals surface area (Å²) in [6.45, 7) is 0. The second-order valence-electron chi connectivity index (χ2n) is 10.6. The van der Waals surface area contributed by atoms with Gasteiger partial charge in [0.05, 0.1) is 38.0 Å². The summed E-state index contributed by atoms with van der Waals surface area (Å²) in [6, 6.07) is 30.7. The summed E-state index contributed by atoms with van der Waals surface area (Å²) in [7, 11) is 7.11. The lowest BCUT2D eigenvalue weighted by atomic mass is 10.0. The predicted octanol–water partition coefficient (Wildman–Crippen LogP) is 6.30. The summed E-state index contributed by atoms with van der Waals surface area (Å²) in [5, 5.41) is 33.9. The number of ether oxygens (including phenoxy) is 2. The SMILES string of the molecule is COc1ccc(C(O)c2c(/C=N\N=C/c3c(C(O)c4ccc(OC)cc4)n(C)c4ccccc34)c3ccccc3n2C)cc1. The lowest BCUT2D eigenvalue weighted by Crippen LogP contribution is -2.08. The lowest BCUT2D eigenvalue weighted by Gasteiger charge is -2.15. The second-order valence-corrected chi connectivity index (χ2v) is 10.6. The van der Waals surface area contributed by atoms with Gasteiger partial charge >= 0.3 is 0 Å². The van der Waals surface area contributed by atoms with E-state index in [1.165, 1.54) is 0 Å². The number of aromatic nitrogens is 2. The van der Waals surface area contributed by atoms with Crippen molar-refractivity contribution in [3.63, 3.8) is 0 Å². The van der Waals surface area contributed by atoms with Crippen LogP contribution in [0.3, 0.4) is 0 Å². The van der Waals surface area contributed by atoms with Crippen LogP contribution in [0.15, 0.2) is 107 Å². The Bertz CT molecular complexity index is 1840. The standard InChI is InChI=1S/C36H34N4O4/c1-39-31-11-7-5-9-27(31)29(33(39)35(41)23-13-17-25(43-3)18-14-23)21-37-38-22-30-28-10-6-8-12-32(28)40(2)34(30)36(42)24-15-19-26(44-4)20-16-24/h5-22,35-36,41-42H,1-4H3/b37-21-,38-22-. The van der Waals surface area contributed by atoms with Crippen molar-refractivity contribution in [1.82, 2.24) is 9.13 Å². The van der Waals surface area contributed by atoms with E-state index in [0.717, 1.165) is 55.6 Å². The number of rotatable bonds is 9. The molecule has 0 aliphatic rings. The number of aliphatic hydroxyl groups excluding tert-OH is 2. The Morgan fingerprint density at radius 2 is 0.932 bits per heavy atom. The van der Waals surface area contributed by atoms with Gasteiger partial charge in [-0.3, -0.25) is 0 Å². The quantitative estimate of drug-likeness (QED) is 0.154. The van der Waals surface area contributed by atoms with E-state index in [0.29, 0.717) is 11.4 Å². The average Bonchev–Trinajstić information content (AvgIpc) is 3.52. The van der Waals surface area contributed by atoms with Crippen LogP contribution in [0.25, 0.3) is 21.8 Å². The number of para-hydroxylation sites is 2. The molecule has 0 bridgehead atoms. The van der Waals surface area contributed by atoms with Crippen LogP contribution in [0.1, 0.15) is 45.8 Å². The van der Waals surface area contributed by atoms with Gasteiger partial charge in [-0.15, -0.1) is 0 Å². The van der Waals surface area contributed by atoms with Crippen LogP contribution < -0.4 is 9.47 Å². The molecule has 2 aromatic heterocycles. The number of methoxy groups -OCH3 is 2. The molecule has 2 heterocycles. The lowest BCUT2D eigenvalue weighted by molar-refractivity contribution is 0.211. The smallest absolute Gasteiger partial charge is 0.120 e. The van der Waals surface area contributed by atoms with Gasteiger partial charge < -0.3 is 28.8 Å². The highest BCUT2D eigenvalue weighted by atomic mass is 16.5. The molecule has 0 saturated heterocycles. The number of benzene rings is 4. The number of hydrogen-bond acceptors (Lipinski definition) is 6. The van der Waals surface area contributed by atoms with Crippen LogP contribution in [0.5, 0.6) is 11.5 Å². The van der Waals surface area contributed by atoms with Crippen LogP contribution in [0.2, 0.25) is 0 Å². The zero-order chi connectivity index (χ0) is 30.8. The molecule has 4 aromatic carbocycles. The molecule has 0 amide bonds. The minimum Gasteiger partial charge on any atom is -0.497 e. The molecule has 2 N–H and O–H groups in total. The molecule has 2 atom stereocenters. The average molecular weight is 587 g/mol. The molecular formula is C36H34N4O4. The van der Waals surface area contributed by atoms with Crippen molar-refractivity contribution in [3.8, 4) is 11.5 Å². The Kier molecular flexibility index (Phi) is 8.02. The third-order valence-electron chi connectivity index (χ3n) is 8.21. The first kappa shape index (κ1) is 28.9. The molecule has 2 unspecified atom stereocenters. The Labute approximate surface area is 255 Å². The Hall–Kier alpha value is -5.18. The van der Waals surface area contributed by atoms with Gasteiger partial charge in [0.1, 0.15) is 23.7 Å². The molecule has 0 aliphatic carbocycles. The van der Waals surface area contributed by atoms with E-state index in [2.05, 4.69) is 10.2 Å². The third kappa shape index (κ3) is 5.15. The summed E-state index contributed by atoms with van der Waals surface area (Å²) in [5.41, 5.74) is 6.39. The normalized spacial score (nSPS) is 13.3. The van der Waals surface area contributed by atoms with Crippen LogP contribution in [0.4, 0.5) is 0 Å². The zero-order valence-corrected chi connectivity index (χ0v) is 25.0. The van der Waals surface area contributed by atoms with Crippen LogP contribution >= 0.6 is 0 Å². The van der Waals surface area contributed by atoms with Crippen molar-refractivity contribution in [2.75, 3.05) is 14.2 Å². The molecule has 0 radical (unpaired) electrons. The van der Waals surface area contributed by atoms with E-state index < -0.39 is 12.2 Å². The number of aryl methyl sites for hydroxylation is 2.